The Kier molecular flexibility index (Phi) is 10.4. The Hall–Kier alpha value is -6.78. The molecule has 0 bridgehead atoms. The number of hydrogen-bond donors (Lipinski definition) is 0. The van der Waals surface area contributed by atoms with Crippen LogP contribution >= 0.6 is 0 Å². The molecule has 2 aliphatic carbocycles. The van der Waals surface area contributed by atoms with Gasteiger partial charge in [-0.05, 0) is 194 Å². The first-order valence-corrected chi connectivity index (χ1v) is 26.5. The van der Waals surface area contributed by atoms with Crippen LogP contribution in [0.3, 0.4) is 0 Å². The Bertz CT molecular complexity index is 3410. The molecule has 0 aromatic heterocycles. The maximum atomic E-state index is 2.69. The van der Waals surface area contributed by atoms with Crippen LogP contribution in [-0.4, -0.2) is 6.71 Å². The number of nitrogens with zero attached hydrogens (tertiary/aromatic N) is 3. The number of aryl methyl sites for hydroxylation is 1. The molecule has 0 amide bonds. The van der Waals surface area contributed by atoms with Crippen molar-refractivity contribution in [3.05, 3.63) is 203 Å². The highest BCUT2D eigenvalue weighted by molar-refractivity contribution is 7.00. The molecule has 72 heavy (non-hydrogen) atoms. The SMILES string of the molecule is Cc1cc2c3c(c1)N(c1ccc(C(C)(C)C)cc1-c1ccccc1)c1cc4c(cc1B3c1cc(N(c3ccccc3)c3ccccc3)ccc1N2c1ccc2c(c1)C(C)(C)CC2(C)C)C(C)(C)CCC4(C)C. The van der Waals surface area contributed by atoms with E-state index in [0.717, 1.165) is 36.3 Å². The smallest absolute Gasteiger partial charge is 0.252 e. The van der Waals surface area contributed by atoms with Crippen LogP contribution in [0.2, 0.25) is 0 Å². The van der Waals surface area contributed by atoms with Crippen molar-refractivity contribution in [3.63, 3.8) is 0 Å². The fraction of sp³-hybridized carbons (Fsp3) is 0.294. The van der Waals surface area contributed by atoms with Crippen LogP contribution in [0.15, 0.2) is 170 Å². The van der Waals surface area contributed by atoms with Crippen molar-refractivity contribution in [2.75, 3.05) is 14.7 Å². The molecule has 2 aliphatic heterocycles. The van der Waals surface area contributed by atoms with Gasteiger partial charge in [0.25, 0.3) is 6.71 Å². The van der Waals surface area contributed by atoms with Gasteiger partial charge in [0.05, 0.1) is 5.69 Å². The molecule has 8 aromatic carbocycles. The van der Waals surface area contributed by atoms with Crippen LogP contribution in [0.5, 0.6) is 0 Å². The Morgan fingerprint density at radius 3 is 1.61 bits per heavy atom. The molecule has 2 heterocycles. The van der Waals surface area contributed by atoms with Crippen molar-refractivity contribution in [1.29, 1.82) is 0 Å². The lowest BCUT2D eigenvalue weighted by molar-refractivity contribution is 0.332. The van der Waals surface area contributed by atoms with E-state index in [0.29, 0.717) is 0 Å². The highest BCUT2D eigenvalue weighted by atomic mass is 15.2. The second-order valence-corrected chi connectivity index (χ2v) is 25.3. The summed E-state index contributed by atoms with van der Waals surface area (Å²) < 4.78 is 0. The van der Waals surface area contributed by atoms with Crippen LogP contribution in [0.25, 0.3) is 11.1 Å². The van der Waals surface area contributed by atoms with Gasteiger partial charge in [0.1, 0.15) is 0 Å². The third kappa shape index (κ3) is 7.29. The van der Waals surface area contributed by atoms with Crippen molar-refractivity contribution in [3.8, 4) is 11.1 Å². The van der Waals surface area contributed by atoms with Crippen molar-refractivity contribution in [1.82, 2.24) is 0 Å². The predicted molar refractivity (Wildman–Crippen MR) is 310 cm³/mol. The number of benzene rings is 8. The molecule has 0 saturated heterocycles. The maximum absolute atomic E-state index is 2.69. The molecule has 8 aromatic rings. The molecule has 12 rings (SSSR count). The standard InChI is InChI=1S/C68H70BN3/c1-44-36-61-63-62(37-44)72(58-32-28-46(64(2,3)4)38-51(58)45-22-16-13-17-23-45)60-42-55-54(65(5,6)34-35-66(55,7)8)41-57(60)69(63)56-40-50(70(47-24-18-14-19-25-47)48-26-20-15-21-27-48)30-33-59(56)71(61)49-29-31-52-53(39-49)68(11,12)43-67(52,9)10/h13-33,36-42H,34-35,43H2,1-12H3. The minimum atomic E-state index is -0.0496. The van der Waals surface area contributed by atoms with Crippen molar-refractivity contribution in [2.24, 2.45) is 0 Å². The molecule has 360 valence electrons. The highest BCUT2D eigenvalue weighted by Crippen LogP contribution is 2.54. The molecule has 0 radical (unpaired) electrons. The third-order valence-electron chi connectivity index (χ3n) is 17.2. The summed E-state index contributed by atoms with van der Waals surface area (Å²) in [7, 11) is 0. The van der Waals surface area contributed by atoms with Gasteiger partial charge in [0, 0.05) is 51.1 Å². The van der Waals surface area contributed by atoms with E-state index in [1.54, 1.807) is 0 Å². The van der Waals surface area contributed by atoms with Crippen molar-refractivity contribution in [2.45, 2.75) is 129 Å². The average Bonchev–Trinajstić information content (AvgIpc) is 3.54. The quantitative estimate of drug-likeness (QED) is 0.154. The predicted octanol–water partition coefficient (Wildman–Crippen LogP) is 16.8. The molecule has 0 unspecified atom stereocenters. The Balaban J connectivity index is 1.21. The normalized spacial score (nSPS) is 17.4. The summed E-state index contributed by atoms with van der Waals surface area (Å²) in [5, 5.41) is 0. The van der Waals surface area contributed by atoms with E-state index < -0.39 is 0 Å². The lowest BCUT2D eigenvalue weighted by atomic mass is 9.33. The highest BCUT2D eigenvalue weighted by Gasteiger charge is 2.48. The Morgan fingerprint density at radius 1 is 0.444 bits per heavy atom. The summed E-state index contributed by atoms with van der Waals surface area (Å²) in [6.45, 7) is 28.9. The van der Waals surface area contributed by atoms with Gasteiger partial charge in [-0.15, -0.1) is 0 Å². The third-order valence-corrected chi connectivity index (χ3v) is 17.2. The van der Waals surface area contributed by atoms with Crippen LogP contribution < -0.4 is 31.1 Å². The van der Waals surface area contributed by atoms with Gasteiger partial charge in [0.15, 0.2) is 0 Å². The minimum absolute atomic E-state index is 0.0121. The Labute approximate surface area is 430 Å². The first kappa shape index (κ1) is 46.3. The lowest BCUT2D eigenvalue weighted by Gasteiger charge is -2.48. The number of para-hydroxylation sites is 2. The molecule has 4 heteroatoms. The summed E-state index contributed by atoms with van der Waals surface area (Å²) in [5.74, 6) is 0. The van der Waals surface area contributed by atoms with Gasteiger partial charge in [-0.1, -0.05) is 161 Å². The molecule has 0 N–H and O–H groups in total. The molecule has 0 saturated carbocycles. The van der Waals surface area contributed by atoms with E-state index in [1.807, 2.05) is 0 Å². The largest absolute Gasteiger partial charge is 0.311 e. The number of rotatable bonds is 6. The topological polar surface area (TPSA) is 9.72 Å². The summed E-state index contributed by atoms with van der Waals surface area (Å²) >= 11 is 0. The van der Waals surface area contributed by atoms with E-state index in [1.165, 1.54) is 95.0 Å². The van der Waals surface area contributed by atoms with Crippen LogP contribution in [0.4, 0.5) is 51.2 Å². The van der Waals surface area contributed by atoms with Gasteiger partial charge in [-0.2, -0.15) is 0 Å². The second-order valence-electron chi connectivity index (χ2n) is 25.3. The Morgan fingerprint density at radius 2 is 0.986 bits per heavy atom. The monoisotopic (exact) mass is 940 g/mol. The van der Waals surface area contributed by atoms with Crippen LogP contribution in [0.1, 0.15) is 129 Å². The minimum Gasteiger partial charge on any atom is -0.311 e. The van der Waals surface area contributed by atoms with Gasteiger partial charge in [-0.25, -0.2) is 0 Å². The molecule has 0 spiro atoms. The number of anilines is 9. The number of fused-ring (bicyclic) bond motifs is 6. The van der Waals surface area contributed by atoms with Gasteiger partial charge >= 0.3 is 0 Å². The zero-order chi connectivity index (χ0) is 50.3. The second kappa shape index (κ2) is 16.1. The van der Waals surface area contributed by atoms with Crippen molar-refractivity contribution >= 4 is 74.3 Å². The average molecular weight is 940 g/mol. The molecular formula is C68H70BN3. The van der Waals surface area contributed by atoms with E-state index in [2.05, 4.69) is 268 Å². The molecule has 4 aliphatic rings. The lowest BCUT2D eigenvalue weighted by Crippen LogP contribution is -2.62. The molecular weight excluding hydrogens is 870 g/mol. The zero-order valence-corrected chi connectivity index (χ0v) is 44.7. The summed E-state index contributed by atoms with van der Waals surface area (Å²) in [5.41, 5.74) is 26.0. The van der Waals surface area contributed by atoms with Crippen LogP contribution in [0, 0.1) is 6.92 Å². The molecule has 0 atom stereocenters. The van der Waals surface area contributed by atoms with Gasteiger partial charge < -0.3 is 14.7 Å². The molecule has 0 fully saturated rings. The van der Waals surface area contributed by atoms with Crippen LogP contribution in [-0.2, 0) is 27.1 Å². The number of hydrogen-bond acceptors (Lipinski definition) is 3. The van der Waals surface area contributed by atoms with Gasteiger partial charge in [-0.3, -0.25) is 0 Å². The maximum Gasteiger partial charge on any atom is 0.252 e. The fourth-order valence-electron chi connectivity index (χ4n) is 13.6. The summed E-state index contributed by atoms with van der Waals surface area (Å²) in [6, 6.07) is 65.3. The van der Waals surface area contributed by atoms with Crippen molar-refractivity contribution < 1.29 is 0 Å². The van der Waals surface area contributed by atoms with E-state index in [-0.39, 0.29) is 33.8 Å². The van der Waals surface area contributed by atoms with E-state index >= 15 is 0 Å². The fourth-order valence-corrected chi connectivity index (χ4v) is 13.6. The zero-order valence-electron chi connectivity index (χ0n) is 44.7. The van der Waals surface area contributed by atoms with E-state index in [4.69, 9.17) is 0 Å². The molecule has 3 nitrogen and oxygen atoms in total. The summed E-state index contributed by atoms with van der Waals surface area (Å²) in [6.07, 6.45) is 3.42. The summed E-state index contributed by atoms with van der Waals surface area (Å²) in [4.78, 5) is 7.76. The first-order valence-electron chi connectivity index (χ1n) is 26.5. The first-order chi connectivity index (χ1) is 34.2. The van der Waals surface area contributed by atoms with Gasteiger partial charge in [0.2, 0.25) is 0 Å². The van der Waals surface area contributed by atoms with E-state index in [9.17, 15) is 0 Å².